The molecule has 0 aliphatic carbocycles. The van der Waals surface area contributed by atoms with E-state index in [0.29, 0.717) is 23.7 Å². The molecule has 3 aromatic carbocycles. The standard InChI is InChI=1S/C26H25F2N5O4S2/c1-33(21-7-8-24-22(15-21)29-16-38-24)25(34)23(13-18-11-19(27)14-20(28)12-18)31-26(35)32-39(36,37)30-10-9-17-5-3-2-4-6-17/h2-8,11-12,14-16,23,30H,9-10,13H2,1H3,(H2,31,32,35)/t23-/m0/s1. The molecule has 3 amide bonds. The number of carbonyl (C=O) groups excluding carboxylic acids is 2. The Morgan fingerprint density at radius 1 is 1.00 bits per heavy atom. The molecule has 4 aromatic rings. The molecule has 39 heavy (non-hydrogen) atoms. The van der Waals surface area contributed by atoms with Gasteiger partial charge in [0.2, 0.25) is 5.91 Å². The molecule has 0 saturated carbocycles. The van der Waals surface area contributed by atoms with Crippen molar-refractivity contribution in [2.24, 2.45) is 0 Å². The molecule has 204 valence electrons. The highest BCUT2D eigenvalue weighted by atomic mass is 32.2. The van der Waals surface area contributed by atoms with Crippen LogP contribution in [0, 0.1) is 11.6 Å². The van der Waals surface area contributed by atoms with Gasteiger partial charge in [-0.1, -0.05) is 30.3 Å². The summed E-state index contributed by atoms with van der Waals surface area (Å²) in [6.07, 6.45) is 0.0927. The molecule has 3 N–H and O–H groups in total. The number of amides is 3. The molecule has 9 nitrogen and oxygen atoms in total. The number of hydrogen-bond donors (Lipinski definition) is 3. The van der Waals surface area contributed by atoms with E-state index >= 15 is 0 Å². The van der Waals surface area contributed by atoms with E-state index in [9.17, 15) is 26.8 Å². The molecule has 0 radical (unpaired) electrons. The first-order chi connectivity index (χ1) is 18.6. The molecule has 1 heterocycles. The Kier molecular flexibility index (Phi) is 8.84. The average Bonchev–Trinajstić information content (AvgIpc) is 3.35. The monoisotopic (exact) mass is 573 g/mol. The fourth-order valence-electron chi connectivity index (χ4n) is 3.90. The van der Waals surface area contributed by atoms with Crippen molar-refractivity contribution in [3.05, 3.63) is 95.0 Å². The molecule has 0 aliphatic heterocycles. The van der Waals surface area contributed by atoms with Crippen LogP contribution in [0.2, 0.25) is 0 Å². The summed E-state index contributed by atoms with van der Waals surface area (Å²) in [6.45, 7) is 0.0272. The Balaban J connectivity index is 1.47. The molecule has 0 bridgehead atoms. The van der Waals surface area contributed by atoms with Gasteiger partial charge in [0, 0.05) is 31.8 Å². The van der Waals surface area contributed by atoms with Crippen molar-refractivity contribution in [3.63, 3.8) is 0 Å². The topological polar surface area (TPSA) is 121 Å². The van der Waals surface area contributed by atoms with Crippen LogP contribution in [0.5, 0.6) is 0 Å². The predicted molar refractivity (Wildman–Crippen MR) is 146 cm³/mol. The molecule has 13 heteroatoms. The van der Waals surface area contributed by atoms with Crippen molar-refractivity contribution in [3.8, 4) is 0 Å². The maximum absolute atomic E-state index is 13.8. The van der Waals surface area contributed by atoms with Gasteiger partial charge in [0.05, 0.1) is 15.7 Å². The van der Waals surface area contributed by atoms with Crippen LogP contribution in [0.4, 0.5) is 19.3 Å². The lowest BCUT2D eigenvalue weighted by Gasteiger charge is -2.25. The summed E-state index contributed by atoms with van der Waals surface area (Å²) in [4.78, 5) is 31.6. The number of nitrogens with one attached hydrogen (secondary N) is 3. The smallest absolute Gasteiger partial charge is 0.325 e. The number of benzene rings is 3. The maximum atomic E-state index is 13.8. The van der Waals surface area contributed by atoms with Gasteiger partial charge in [-0.15, -0.1) is 11.3 Å². The summed E-state index contributed by atoms with van der Waals surface area (Å²) >= 11 is 1.43. The molecule has 1 atom stereocenters. The van der Waals surface area contributed by atoms with E-state index in [1.165, 1.54) is 23.3 Å². The Morgan fingerprint density at radius 2 is 1.72 bits per heavy atom. The van der Waals surface area contributed by atoms with Gasteiger partial charge in [-0.05, 0) is 47.9 Å². The summed E-state index contributed by atoms with van der Waals surface area (Å²) in [7, 11) is -2.79. The third-order valence-electron chi connectivity index (χ3n) is 5.77. The third kappa shape index (κ3) is 7.78. The highest BCUT2D eigenvalue weighted by Gasteiger charge is 2.27. The molecular weight excluding hydrogens is 548 g/mol. The van der Waals surface area contributed by atoms with E-state index in [0.717, 1.165) is 22.4 Å². The SMILES string of the molecule is CN(C(=O)[C@H](Cc1cc(F)cc(F)c1)NC(=O)NS(=O)(=O)NCCc1ccccc1)c1ccc2scnc2c1. The maximum Gasteiger partial charge on any atom is 0.330 e. The first-order valence-corrected chi connectivity index (χ1v) is 14.1. The quantitative estimate of drug-likeness (QED) is 0.268. The Hall–Kier alpha value is -3.94. The molecule has 0 aliphatic rings. The molecule has 0 saturated heterocycles. The minimum Gasteiger partial charge on any atom is -0.325 e. The number of nitrogens with zero attached hydrogens (tertiary/aromatic N) is 2. The normalized spacial score (nSPS) is 12.2. The van der Waals surface area contributed by atoms with Crippen molar-refractivity contribution < 1.29 is 26.8 Å². The number of carbonyl (C=O) groups is 2. The first-order valence-electron chi connectivity index (χ1n) is 11.8. The Labute approximate surface area is 228 Å². The highest BCUT2D eigenvalue weighted by Crippen LogP contribution is 2.24. The Bertz CT molecular complexity index is 1560. The van der Waals surface area contributed by atoms with Crippen LogP contribution in [0.25, 0.3) is 10.2 Å². The second-order valence-electron chi connectivity index (χ2n) is 8.64. The van der Waals surface area contributed by atoms with Crippen LogP contribution in [-0.2, 0) is 27.8 Å². The van der Waals surface area contributed by atoms with E-state index in [1.54, 1.807) is 23.7 Å². The van der Waals surface area contributed by atoms with Crippen LogP contribution >= 0.6 is 11.3 Å². The predicted octanol–water partition coefficient (Wildman–Crippen LogP) is 3.52. The van der Waals surface area contributed by atoms with E-state index in [4.69, 9.17) is 0 Å². The lowest BCUT2D eigenvalue weighted by atomic mass is 10.0. The van der Waals surface area contributed by atoms with Crippen LogP contribution < -0.4 is 19.7 Å². The zero-order chi connectivity index (χ0) is 28.0. The van der Waals surface area contributed by atoms with Gasteiger partial charge in [-0.25, -0.2) is 23.3 Å². The second kappa shape index (κ2) is 12.3. The van der Waals surface area contributed by atoms with Crippen LogP contribution in [0.15, 0.2) is 72.2 Å². The van der Waals surface area contributed by atoms with E-state index in [1.807, 2.05) is 35.1 Å². The van der Waals surface area contributed by atoms with Crippen LogP contribution in [0.3, 0.4) is 0 Å². The summed E-state index contributed by atoms with van der Waals surface area (Å²) in [5.41, 5.74) is 3.79. The van der Waals surface area contributed by atoms with Crippen LogP contribution in [-0.4, -0.2) is 45.0 Å². The van der Waals surface area contributed by atoms with E-state index < -0.39 is 39.8 Å². The largest absolute Gasteiger partial charge is 0.330 e. The average molecular weight is 574 g/mol. The van der Waals surface area contributed by atoms with Crippen molar-refractivity contribution in [1.29, 1.82) is 0 Å². The number of rotatable bonds is 10. The number of urea groups is 1. The lowest BCUT2D eigenvalue weighted by Crippen LogP contribution is -2.54. The molecule has 0 spiro atoms. The molecule has 0 unspecified atom stereocenters. The van der Waals surface area contributed by atoms with Crippen LogP contribution in [0.1, 0.15) is 11.1 Å². The van der Waals surface area contributed by atoms with Gasteiger partial charge >= 0.3 is 16.2 Å². The molecular formula is C26H25F2N5O4S2. The van der Waals surface area contributed by atoms with Gasteiger partial charge in [0.15, 0.2) is 0 Å². The minimum atomic E-state index is -4.26. The van der Waals surface area contributed by atoms with E-state index in [-0.39, 0.29) is 18.5 Å². The summed E-state index contributed by atoms with van der Waals surface area (Å²) < 4.78 is 57.4. The number of thiazole rings is 1. The fraction of sp³-hybridized carbons (Fsp3) is 0.192. The highest BCUT2D eigenvalue weighted by molar-refractivity contribution is 7.88. The number of likely N-dealkylation sites (N-methyl/N-ethyl adjacent to an activating group) is 1. The number of halogens is 2. The number of aromatic nitrogens is 1. The van der Waals surface area contributed by atoms with E-state index in [2.05, 4.69) is 15.0 Å². The van der Waals surface area contributed by atoms with Crippen molar-refractivity contribution >= 4 is 49.4 Å². The van der Waals surface area contributed by atoms with Crippen molar-refractivity contribution in [2.45, 2.75) is 18.9 Å². The lowest BCUT2D eigenvalue weighted by molar-refractivity contribution is -0.120. The number of hydrogen-bond acceptors (Lipinski definition) is 6. The summed E-state index contributed by atoms with van der Waals surface area (Å²) in [5.74, 6) is -2.35. The van der Waals surface area contributed by atoms with Gasteiger partial charge in [-0.2, -0.15) is 13.1 Å². The van der Waals surface area contributed by atoms with Gasteiger partial charge in [0.1, 0.15) is 17.7 Å². The third-order valence-corrected chi connectivity index (χ3v) is 7.62. The fourth-order valence-corrected chi connectivity index (χ4v) is 5.31. The van der Waals surface area contributed by atoms with Gasteiger partial charge < -0.3 is 10.2 Å². The zero-order valence-electron chi connectivity index (χ0n) is 20.7. The summed E-state index contributed by atoms with van der Waals surface area (Å²) in [6, 6.07) is 14.5. The van der Waals surface area contributed by atoms with Gasteiger partial charge in [0.25, 0.3) is 0 Å². The molecule has 4 rings (SSSR count). The summed E-state index contributed by atoms with van der Waals surface area (Å²) in [5, 5.41) is 2.33. The second-order valence-corrected chi connectivity index (χ2v) is 11.0. The minimum absolute atomic E-state index is 0.0272. The molecule has 0 fully saturated rings. The first kappa shape index (κ1) is 28.1. The number of fused-ring (bicyclic) bond motifs is 1. The van der Waals surface area contributed by atoms with Crippen molar-refractivity contribution in [1.82, 2.24) is 19.7 Å². The van der Waals surface area contributed by atoms with Gasteiger partial charge in [-0.3, -0.25) is 4.79 Å². The zero-order valence-corrected chi connectivity index (χ0v) is 22.4. The Morgan fingerprint density at radius 3 is 2.44 bits per heavy atom. The van der Waals surface area contributed by atoms with Crippen molar-refractivity contribution in [2.75, 3.05) is 18.5 Å². The molecule has 1 aromatic heterocycles. The number of anilines is 1.